The van der Waals surface area contributed by atoms with Crippen LogP contribution in [0.3, 0.4) is 0 Å². The molecule has 2 aromatic carbocycles. The smallest absolute Gasteiger partial charge is 0.161 e. The fourth-order valence-electron chi connectivity index (χ4n) is 1.94. The molecule has 2 N–H and O–H groups in total. The highest BCUT2D eigenvalue weighted by Crippen LogP contribution is 2.32. The fourth-order valence-corrected chi connectivity index (χ4v) is 2.13. The predicted molar refractivity (Wildman–Crippen MR) is 77.0 cm³/mol. The first-order valence-electron chi connectivity index (χ1n) is 5.99. The molecule has 5 heteroatoms. The number of rotatable bonds is 4. The molecular formula is C15H15ClFNO2. The zero-order chi connectivity index (χ0) is 14.7. The van der Waals surface area contributed by atoms with E-state index in [4.69, 9.17) is 26.8 Å². The summed E-state index contributed by atoms with van der Waals surface area (Å²) >= 11 is 5.78. The van der Waals surface area contributed by atoms with Crippen LogP contribution in [0.25, 0.3) is 0 Å². The van der Waals surface area contributed by atoms with Gasteiger partial charge in [-0.2, -0.15) is 0 Å². The van der Waals surface area contributed by atoms with Crippen molar-refractivity contribution in [1.82, 2.24) is 0 Å². The molecule has 2 aromatic rings. The third kappa shape index (κ3) is 2.86. The van der Waals surface area contributed by atoms with E-state index in [2.05, 4.69) is 0 Å². The number of hydrogen-bond donors (Lipinski definition) is 1. The Kier molecular flexibility index (Phi) is 4.47. The quantitative estimate of drug-likeness (QED) is 0.938. The van der Waals surface area contributed by atoms with Gasteiger partial charge in [-0.3, -0.25) is 0 Å². The number of methoxy groups -OCH3 is 2. The lowest BCUT2D eigenvalue weighted by Gasteiger charge is -2.15. The van der Waals surface area contributed by atoms with Crippen molar-refractivity contribution < 1.29 is 13.9 Å². The second-order valence-electron chi connectivity index (χ2n) is 4.27. The van der Waals surface area contributed by atoms with Crippen molar-refractivity contribution in [3.05, 3.63) is 58.4 Å². The largest absolute Gasteiger partial charge is 0.493 e. The van der Waals surface area contributed by atoms with Gasteiger partial charge in [-0.1, -0.05) is 23.7 Å². The second kappa shape index (κ2) is 6.11. The molecular weight excluding hydrogens is 281 g/mol. The Balaban J connectivity index is 2.37. The van der Waals surface area contributed by atoms with Crippen LogP contribution in [0.5, 0.6) is 11.5 Å². The SMILES string of the molecule is COc1ccc(C(N)c2ccc(F)c(Cl)c2)cc1OC. The van der Waals surface area contributed by atoms with E-state index in [1.165, 1.54) is 12.1 Å². The molecule has 0 aliphatic heterocycles. The van der Waals surface area contributed by atoms with Gasteiger partial charge >= 0.3 is 0 Å². The van der Waals surface area contributed by atoms with E-state index in [0.717, 1.165) is 11.1 Å². The molecule has 1 unspecified atom stereocenters. The monoisotopic (exact) mass is 295 g/mol. The average molecular weight is 296 g/mol. The molecule has 106 valence electrons. The van der Waals surface area contributed by atoms with Crippen LogP contribution in [0, 0.1) is 5.82 Å². The van der Waals surface area contributed by atoms with Crippen LogP contribution in [0.15, 0.2) is 36.4 Å². The lowest BCUT2D eigenvalue weighted by atomic mass is 9.99. The maximum Gasteiger partial charge on any atom is 0.161 e. The van der Waals surface area contributed by atoms with E-state index in [1.54, 1.807) is 32.4 Å². The fraction of sp³-hybridized carbons (Fsp3) is 0.200. The Morgan fingerprint density at radius 2 is 1.60 bits per heavy atom. The maximum absolute atomic E-state index is 13.2. The van der Waals surface area contributed by atoms with Crippen LogP contribution in [0.4, 0.5) is 4.39 Å². The van der Waals surface area contributed by atoms with Crippen molar-refractivity contribution >= 4 is 11.6 Å². The first-order valence-corrected chi connectivity index (χ1v) is 6.37. The van der Waals surface area contributed by atoms with Gasteiger partial charge in [0.05, 0.1) is 25.3 Å². The zero-order valence-electron chi connectivity index (χ0n) is 11.2. The van der Waals surface area contributed by atoms with Gasteiger partial charge in [-0.25, -0.2) is 4.39 Å². The average Bonchev–Trinajstić information content (AvgIpc) is 2.48. The topological polar surface area (TPSA) is 44.5 Å². The standard InChI is InChI=1S/C15H15ClFNO2/c1-19-13-6-4-10(8-14(13)20-2)15(18)9-3-5-12(17)11(16)7-9/h3-8,15H,18H2,1-2H3. The molecule has 0 heterocycles. The molecule has 3 nitrogen and oxygen atoms in total. The molecule has 0 bridgehead atoms. The summed E-state index contributed by atoms with van der Waals surface area (Å²) in [6.45, 7) is 0. The summed E-state index contributed by atoms with van der Waals surface area (Å²) in [5, 5.41) is 0.0541. The van der Waals surface area contributed by atoms with E-state index in [0.29, 0.717) is 11.5 Å². The number of halogens is 2. The molecule has 1 atom stereocenters. The predicted octanol–water partition coefficient (Wildman–Crippen LogP) is 3.54. The summed E-state index contributed by atoms with van der Waals surface area (Å²) in [5.41, 5.74) is 7.72. The Morgan fingerprint density at radius 1 is 1.00 bits per heavy atom. The molecule has 2 rings (SSSR count). The maximum atomic E-state index is 13.2. The summed E-state index contributed by atoms with van der Waals surface area (Å²) in [5.74, 6) is 0.754. The van der Waals surface area contributed by atoms with Crippen LogP contribution in [0.1, 0.15) is 17.2 Å². The van der Waals surface area contributed by atoms with Crippen LogP contribution < -0.4 is 15.2 Å². The molecule has 0 saturated heterocycles. The first-order chi connectivity index (χ1) is 9.56. The van der Waals surface area contributed by atoms with Gasteiger partial charge in [0.25, 0.3) is 0 Å². The van der Waals surface area contributed by atoms with E-state index >= 15 is 0 Å². The lowest BCUT2D eigenvalue weighted by molar-refractivity contribution is 0.354. The Bertz CT molecular complexity index is 619. The van der Waals surface area contributed by atoms with Crippen molar-refractivity contribution in [1.29, 1.82) is 0 Å². The molecule has 0 aliphatic rings. The van der Waals surface area contributed by atoms with Gasteiger partial charge in [-0.15, -0.1) is 0 Å². The minimum atomic E-state index is -0.463. The van der Waals surface area contributed by atoms with E-state index in [-0.39, 0.29) is 5.02 Å². The molecule has 0 aliphatic carbocycles. The zero-order valence-corrected chi connectivity index (χ0v) is 11.9. The summed E-state index contributed by atoms with van der Waals surface area (Å²) < 4.78 is 23.6. The molecule has 0 saturated carbocycles. The number of ether oxygens (including phenoxy) is 2. The van der Waals surface area contributed by atoms with Gasteiger partial charge in [0.15, 0.2) is 11.5 Å². The van der Waals surface area contributed by atoms with Crippen molar-refractivity contribution in [3.8, 4) is 11.5 Å². The van der Waals surface area contributed by atoms with Gasteiger partial charge in [0.2, 0.25) is 0 Å². The van der Waals surface area contributed by atoms with Gasteiger partial charge in [-0.05, 0) is 35.4 Å². The molecule has 0 spiro atoms. The van der Waals surface area contributed by atoms with Crippen molar-refractivity contribution in [2.45, 2.75) is 6.04 Å². The van der Waals surface area contributed by atoms with Crippen LogP contribution >= 0.6 is 11.6 Å². The van der Waals surface area contributed by atoms with Crippen LogP contribution in [-0.4, -0.2) is 14.2 Å². The van der Waals surface area contributed by atoms with Gasteiger partial charge < -0.3 is 15.2 Å². The van der Waals surface area contributed by atoms with E-state index < -0.39 is 11.9 Å². The third-order valence-electron chi connectivity index (χ3n) is 3.07. The highest BCUT2D eigenvalue weighted by atomic mass is 35.5. The molecule has 0 fully saturated rings. The highest BCUT2D eigenvalue weighted by Gasteiger charge is 2.14. The molecule has 0 amide bonds. The molecule has 0 radical (unpaired) electrons. The number of hydrogen-bond acceptors (Lipinski definition) is 3. The van der Waals surface area contributed by atoms with Gasteiger partial charge in [0.1, 0.15) is 5.82 Å². The Hall–Kier alpha value is -1.78. The first kappa shape index (κ1) is 14.6. The van der Waals surface area contributed by atoms with E-state index in [1.807, 2.05) is 6.07 Å². The van der Waals surface area contributed by atoms with Crippen molar-refractivity contribution in [2.75, 3.05) is 14.2 Å². The normalized spacial score (nSPS) is 12.1. The second-order valence-corrected chi connectivity index (χ2v) is 4.67. The minimum absolute atomic E-state index is 0.0541. The summed E-state index contributed by atoms with van der Waals surface area (Å²) in [6, 6.07) is 9.43. The summed E-state index contributed by atoms with van der Waals surface area (Å²) in [6.07, 6.45) is 0. The molecule has 20 heavy (non-hydrogen) atoms. The number of benzene rings is 2. The van der Waals surface area contributed by atoms with Crippen molar-refractivity contribution in [2.24, 2.45) is 5.73 Å². The van der Waals surface area contributed by atoms with Crippen LogP contribution in [0.2, 0.25) is 5.02 Å². The minimum Gasteiger partial charge on any atom is -0.493 e. The third-order valence-corrected chi connectivity index (χ3v) is 3.36. The van der Waals surface area contributed by atoms with Crippen LogP contribution in [-0.2, 0) is 0 Å². The summed E-state index contributed by atoms with van der Waals surface area (Å²) in [7, 11) is 3.12. The Labute approximate surface area is 122 Å². The van der Waals surface area contributed by atoms with Gasteiger partial charge in [0, 0.05) is 0 Å². The van der Waals surface area contributed by atoms with E-state index in [9.17, 15) is 4.39 Å². The molecule has 0 aromatic heterocycles. The van der Waals surface area contributed by atoms with Crippen molar-refractivity contribution in [3.63, 3.8) is 0 Å². The Morgan fingerprint density at radius 3 is 2.20 bits per heavy atom. The highest BCUT2D eigenvalue weighted by molar-refractivity contribution is 6.30. The lowest BCUT2D eigenvalue weighted by Crippen LogP contribution is -2.12. The summed E-state index contributed by atoms with van der Waals surface area (Å²) in [4.78, 5) is 0. The number of nitrogens with two attached hydrogens (primary N) is 1.